The van der Waals surface area contributed by atoms with Crippen LogP contribution in [0.15, 0.2) is 29.3 Å². The molecule has 0 fully saturated rings. The van der Waals surface area contributed by atoms with Crippen LogP contribution in [0.1, 0.15) is 39.7 Å². The van der Waals surface area contributed by atoms with Gasteiger partial charge in [0.15, 0.2) is 5.96 Å². The van der Waals surface area contributed by atoms with Crippen LogP contribution in [0, 0.1) is 6.92 Å². The van der Waals surface area contributed by atoms with Crippen LogP contribution < -0.4 is 11.1 Å². The minimum Gasteiger partial charge on any atom is -0.370 e. The second kappa shape index (κ2) is 10.8. The fourth-order valence-electron chi connectivity index (χ4n) is 2.48. The third-order valence-electron chi connectivity index (χ3n) is 3.47. The molecule has 0 atom stereocenters. The minimum absolute atomic E-state index is 0. The maximum atomic E-state index is 5.92. The second-order valence-corrected chi connectivity index (χ2v) is 6.04. The molecule has 1 aromatic carbocycles. The van der Waals surface area contributed by atoms with E-state index in [0.29, 0.717) is 18.0 Å². The van der Waals surface area contributed by atoms with Gasteiger partial charge < -0.3 is 11.1 Å². The van der Waals surface area contributed by atoms with Gasteiger partial charge in [-0.25, -0.2) is 0 Å². The van der Waals surface area contributed by atoms with Crippen molar-refractivity contribution in [2.24, 2.45) is 10.7 Å². The van der Waals surface area contributed by atoms with Gasteiger partial charge in [0.1, 0.15) is 0 Å². The summed E-state index contributed by atoms with van der Waals surface area (Å²) in [4.78, 5) is 6.87. The zero-order chi connectivity index (χ0) is 15.8. The predicted octanol–water partition coefficient (Wildman–Crippen LogP) is 3.85. The number of nitrogens with two attached hydrogens (primary N) is 1. The lowest BCUT2D eigenvalue weighted by molar-refractivity contribution is 0.174. The van der Waals surface area contributed by atoms with Gasteiger partial charge in [-0.3, -0.25) is 9.89 Å². The first kappa shape index (κ1) is 21.2. The highest BCUT2D eigenvalue weighted by Gasteiger charge is 2.11. The normalized spacial score (nSPS) is 11.9. The summed E-state index contributed by atoms with van der Waals surface area (Å²) in [5, 5.41) is 3.13. The average Bonchev–Trinajstić information content (AvgIpc) is 2.37. The summed E-state index contributed by atoms with van der Waals surface area (Å²) in [6.07, 6.45) is 1.02. The lowest BCUT2D eigenvalue weighted by Crippen LogP contribution is -2.38. The van der Waals surface area contributed by atoms with Gasteiger partial charge in [-0.15, -0.1) is 24.0 Å². The Morgan fingerprint density at radius 2 is 1.86 bits per heavy atom. The van der Waals surface area contributed by atoms with Crippen molar-refractivity contribution >= 4 is 35.6 Å². The van der Waals surface area contributed by atoms with Crippen molar-refractivity contribution in [1.29, 1.82) is 0 Å². The number of nitrogens with one attached hydrogen (secondary N) is 1. The number of nitrogens with zero attached hydrogens (tertiary/aromatic N) is 2. The van der Waals surface area contributed by atoms with Crippen molar-refractivity contribution in [3.8, 4) is 0 Å². The molecule has 0 aliphatic rings. The second-order valence-electron chi connectivity index (χ2n) is 6.04. The maximum Gasteiger partial charge on any atom is 0.193 e. The van der Waals surface area contributed by atoms with E-state index in [2.05, 4.69) is 62.0 Å². The van der Waals surface area contributed by atoms with Crippen LogP contribution in [-0.2, 0) is 0 Å². The fraction of sp³-hybridized carbons (Fsp3) is 0.588. The number of anilines is 1. The lowest BCUT2D eigenvalue weighted by Gasteiger charge is -2.30. The molecule has 0 amide bonds. The summed E-state index contributed by atoms with van der Waals surface area (Å²) >= 11 is 0. The molecule has 0 saturated carbocycles. The van der Waals surface area contributed by atoms with E-state index in [1.165, 1.54) is 5.56 Å². The Bertz CT molecular complexity index is 450. The molecule has 1 rings (SSSR count). The van der Waals surface area contributed by atoms with Gasteiger partial charge in [-0.1, -0.05) is 12.1 Å². The summed E-state index contributed by atoms with van der Waals surface area (Å²) in [6.45, 7) is 12.8. The van der Waals surface area contributed by atoms with Crippen LogP contribution in [-0.4, -0.2) is 36.0 Å². The van der Waals surface area contributed by atoms with Gasteiger partial charge in [0.25, 0.3) is 0 Å². The minimum atomic E-state index is 0. The molecule has 4 nitrogen and oxygen atoms in total. The van der Waals surface area contributed by atoms with Crippen molar-refractivity contribution in [2.45, 2.75) is 53.1 Å². The summed E-state index contributed by atoms with van der Waals surface area (Å²) in [5.41, 5.74) is 8.11. The van der Waals surface area contributed by atoms with Gasteiger partial charge in [0.2, 0.25) is 0 Å². The van der Waals surface area contributed by atoms with Gasteiger partial charge in [0.05, 0.1) is 0 Å². The first-order valence-electron chi connectivity index (χ1n) is 7.79. The van der Waals surface area contributed by atoms with Gasteiger partial charge in [-0.2, -0.15) is 0 Å². The number of aliphatic imine (C=N–C) groups is 1. The monoisotopic (exact) mass is 418 g/mol. The van der Waals surface area contributed by atoms with Crippen molar-refractivity contribution < 1.29 is 0 Å². The molecular weight excluding hydrogens is 387 g/mol. The zero-order valence-corrected chi connectivity index (χ0v) is 16.8. The molecule has 22 heavy (non-hydrogen) atoms. The van der Waals surface area contributed by atoms with E-state index in [-0.39, 0.29) is 24.0 Å². The van der Waals surface area contributed by atoms with Gasteiger partial charge in [0, 0.05) is 30.9 Å². The molecule has 0 spiro atoms. The molecule has 0 heterocycles. The van der Waals surface area contributed by atoms with Crippen molar-refractivity contribution in [2.75, 3.05) is 18.4 Å². The standard InChI is InChI=1S/C17H30N4.HI/c1-13(2)21(14(3)4)11-7-10-19-17(18)20-16-9-6-8-15(5)12-16;/h6,8-9,12-14H,7,10-11H2,1-5H3,(H3,18,19,20);1H. The maximum absolute atomic E-state index is 5.92. The number of guanidine groups is 1. The zero-order valence-electron chi connectivity index (χ0n) is 14.5. The smallest absolute Gasteiger partial charge is 0.193 e. The van der Waals surface area contributed by atoms with Gasteiger partial charge in [-0.05, 0) is 58.7 Å². The topological polar surface area (TPSA) is 53.6 Å². The summed E-state index contributed by atoms with van der Waals surface area (Å²) in [7, 11) is 0. The van der Waals surface area contributed by atoms with Gasteiger partial charge >= 0.3 is 0 Å². The third kappa shape index (κ3) is 7.98. The van der Waals surface area contributed by atoms with E-state index in [0.717, 1.165) is 25.2 Å². The molecule has 0 aliphatic carbocycles. The van der Waals surface area contributed by atoms with E-state index in [1.807, 2.05) is 12.1 Å². The Hall–Kier alpha value is -0.820. The molecule has 0 aliphatic heterocycles. The predicted molar refractivity (Wildman–Crippen MR) is 108 cm³/mol. The van der Waals surface area contributed by atoms with E-state index in [1.54, 1.807) is 0 Å². The van der Waals surface area contributed by atoms with E-state index in [4.69, 9.17) is 5.73 Å². The molecule has 126 valence electrons. The SMILES string of the molecule is Cc1cccc(NC(N)=NCCCN(C(C)C)C(C)C)c1.I. The quantitative estimate of drug-likeness (QED) is 0.306. The summed E-state index contributed by atoms with van der Waals surface area (Å²) in [5.74, 6) is 0.487. The first-order valence-corrected chi connectivity index (χ1v) is 7.79. The van der Waals surface area contributed by atoms with Crippen LogP contribution in [0.25, 0.3) is 0 Å². The number of hydrogen-bond donors (Lipinski definition) is 2. The van der Waals surface area contributed by atoms with Crippen LogP contribution >= 0.6 is 24.0 Å². The van der Waals surface area contributed by atoms with E-state index < -0.39 is 0 Å². The van der Waals surface area contributed by atoms with E-state index >= 15 is 0 Å². The number of aryl methyl sites for hydroxylation is 1. The van der Waals surface area contributed by atoms with Crippen molar-refractivity contribution in [1.82, 2.24) is 4.90 Å². The highest BCUT2D eigenvalue weighted by Crippen LogP contribution is 2.09. The summed E-state index contributed by atoms with van der Waals surface area (Å²) in [6, 6.07) is 9.25. The number of hydrogen-bond acceptors (Lipinski definition) is 2. The van der Waals surface area contributed by atoms with Crippen LogP contribution in [0.2, 0.25) is 0 Å². The Labute approximate surface area is 152 Å². The Kier molecular flexibility index (Phi) is 10.4. The molecule has 0 bridgehead atoms. The lowest BCUT2D eigenvalue weighted by atomic mass is 10.2. The van der Waals surface area contributed by atoms with Crippen LogP contribution in [0.3, 0.4) is 0 Å². The third-order valence-corrected chi connectivity index (χ3v) is 3.47. The van der Waals surface area contributed by atoms with Crippen LogP contribution in [0.4, 0.5) is 5.69 Å². The van der Waals surface area contributed by atoms with Crippen molar-refractivity contribution in [3.63, 3.8) is 0 Å². The number of halogens is 1. The Morgan fingerprint density at radius 3 is 2.41 bits per heavy atom. The highest BCUT2D eigenvalue weighted by molar-refractivity contribution is 14.0. The average molecular weight is 418 g/mol. The molecular formula is C17H31IN4. The Balaban J connectivity index is 0.00000441. The highest BCUT2D eigenvalue weighted by atomic mass is 127. The molecule has 1 aromatic rings. The molecule has 0 saturated heterocycles. The molecule has 0 radical (unpaired) electrons. The Morgan fingerprint density at radius 1 is 1.23 bits per heavy atom. The largest absolute Gasteiger partial charge is 0.370 e. The van der Waals surface area contributed by atoms with Crippen LogP contribution in [0.5, 0.6) is 0 Å². The summed E-state index contributed by atoms with van der Waals surface area (Å²) < 4.78 is 0. The molecule has 3 N–H and O–H groups in total. The molecule has 0 aromatic heterocycles. The number of rotatable bonds is 7. The number of benzene rings is 1. The molecule has 0 unspecified atom stereocenters. The fourth-order valence-corrected chi connectivity index (χ4v) is 2.48. The first-order chi connectivity index (χ1) is 9.90. The van der Waals surface area contributed by atoms with Crippen molar-refractivity contribution in [3.05, 3.63) is 29.8 Å². The van der Waals surface area contributed by atoms with E-state index in [9.17, 15) is 0 Å². The molecule has 5 heteroatoms.